The average Bonchev–Trinajstić information content (AvgIpc) is 2.26. The molecule has 0 saturated carbocycles. The first-order chi connectivity index (χ1) is 7.54. The van der Waals surface area contributed by atoms with Gasteiger partial charge in [-0.3, -0.25) is 4.79 Å². The van der Waals surface area contributed by atoms with Crippen LogP contribution in [0.15, 0.2) is 28.7 Å². The zero-order valence-electron chi connectivity index (χ0n) is 9.61. The Kier molecular flexibility index (Phi) is 4.96. The molecule has 1 rings (SSSR count). The molecule has 4 N–H and O–H groups in total. The van der Waals surface area contributed by atoms with Crippen molar-refractivity contribution in [2.75, 3.05) is 0 Å². The van der Waals surface area contributed by atoms with E-state index >= 15 is 0 Å². The smallest absolute Gasteiger partial charge is 0.275 e. The fraction of sp³-hybridized carbons (Fsp3) is 0.417. The molecule has 1 aromatic carbocycles. The Morgan fingerprint density at radius 1 is 1.44 bits per heavy atom. The van der Waals surface area contributed by atoms with Crippen LogP contribution in [0, 0.1) is 0 Å². The largest absolute Gasteiger partial charge is 0.365 e. The Morgan fingerprint density at radius 2 is 2.00 bits per heavy atom. The first-order valence-electron chi connectivity index (χ1n) is 5.44. The van der Waals surface area contributed by atoms with E-state index in [2.05, 4.69) is 35.0 Å². The second kappa shape index (κ2) is 6.01. The van der Waals surface area contributed by atoms with E-state index in [-0.39, 0.29) is 18.0 Å². The second-order valence-corrected chi connectivity index (χ2v) is 4.87. The molecule has 0 heterocycles. The maximum Gasteiger partial charge on any atom is 0.275 e. The van der Waals surface area contributed by atoms with Crippen LogP contribution in [0.3, 0.4) is 0 Å². The van der Waals surface area contributed by atoms with Gasteiger partial charge in [0.05, 0.1) is 0 Å². The standard InChI is InChI=1S/C12H17BrN2O/c1-3-11(15-8(2)12(14)16)9-4-6-10(13)7-5-9/h4-8,11,15H,3H2,1-2H3,(H2,14,16)/p+1/t8-,11+/m0/s1. The van der Waals surface area contributed by atoms with E-state index in [1.54, 1.807) is 0 Å². The van der Waals surface area contributed by atoms with E-state index < -0.39 is 0 Å². The Balaban J connectivity index is 2.74. The van der Waals surface area contributed by atoms with Crippen LogP contribution in [-0.4, -0.2) is 11.9 Å². The molecule has 1 amide bonds. The van der Waals surface area contributed by atoms with Crippen LogP contribution in [-0.2, 0) is 4.79 Å². The number of primary amides is 1. The van der Waals surface area contributed by atoms with Crippen LogP contribution in [0.1, 0.15) is 31.9 Å². The van der Waals surface area contributed by atoms with E-state index in [9.17, 15) is 4.79 Å². The summed E-state index contributed by atoms with van der Waals surface area (Å²) in [5, 5.41) is 2.02. The van der Waals surface area contributed by atoms with Gasteiger partial charge in [0.15, 0.2) is 6.04 Å². The SMILES string of the molecule is CC[C@@H]([NH2+][C@@H](C)C(N)=O)c1ccc(Br)cc1. The zero-order chi connectivity index (χ0) is 12.1. The number of quaternary nitrogens is 1. The topological polar surface area (TPSA) is 59.7 Å². The second-order valence-electron chi connectivity index (χ2n) is 3.95. The molecule has 0 aliphatic rings. The quantitative estimate of drug-likeness (QED) is 0.843. The first kappa shape index (κ1) is 13.2. The maximum atomic E-state index is 11.0. The molecule has 0 aliphatic carbocycles. The van der Waals surface area contributed by atoms with Crippen molar-refractivity contribution in [1.29, 1.82) is 0 Å². The molecule has 0 saturated heterocycles. The van der Waals surface area contributed by atoms with Gasteiger partial charge in [-0.05, 0) is 19.1 Å². The van der Waals surface area contributed by atoms with Gasteiger partial charge in [-0.1, -0.05) is 35.0 Å². The highest BCUT2D eigenvalue weighted by Crippen LogP contribution is 2.16. The molecule has 2 atom stereocenters. The Morgan fingerprint density at radius 3 is 2.44 bits per heavy atom. The van der Waals surface area contributed by atoms with Crippen LogP contribution < -0.4 is 11.1 Å². The van der Waals surface area contributed by atoms with Crippen LogP contribution in [0.4, 0.5) is 0 Å². The van der Waals surface area contributed by atoms with Crippen molar-refractivity contribution < 1.29 is 10.1 Å². The van der Waals surface area contributed by atoms with Crippen LogP contribution in [0.2, 0.25) is 0 Å². The number of hydrogen-bond donors (Lipinski definition) is 2. The molecule has 3 nitrogen and oxygen atoms in total. The third-order valence-electron chi connectivity index (χ3n) is 2.71. The van der Waals surface area contributed by atoms with Crippen molar-refractivity contribution >= 4 is 21.8 Å². The minimum absolute atomic E-state index is 0.186. The third-order valence-corrected chi connectivity index (χ3v) is 3.24. The number of benzene rings is 1. The Labute approximate surface area is 105 Å². The predicted octanol–water partition coefficient (Wildman–Crippen LogP) is 1.34. The lowest BCUT2D eigenvalue weighted by Gasteiger charge is -2.17. The van der Waals surface area contributed by atoms with Gasteiger partial charge < -0.3 is 11.1 Å². The van der Waals surface area contributed by atoms with Gasteiger partial charge in [-0.2, -0.15) is 0 Å². The average molecular weight is 286 g/mol. The molecule has 0 radical (unpaired) electrons. The molecule has 16 heavy (non-hydrogen) atoms. The molecular formula is C12H18BrN2O+. The summed E-state index contributed by atoms with van der Waals surface area (Å²) in [5.74, 6) is -0.268. The minimum Gasteiger partial charge on any atom is -0.365 e. The summed E-state index contributed by atoms with van der Waals surface area (Å²) in [5.41, 5.74) is 6.48. The van der Waals surface area contributed by atoms with E-state index in [1.165, 1.54) is 5.56 Å². The summed E-state index contributed by atoms with van der Waals surface area (Å²) in [6, 6.07) is 8.27. The van der Waals surface area contributed by atoms with Crippen LogP contribution in [0.5, 0.6) is 0 Å². The molecular weight excluding hydrogens is 268 g/mol. The van der Waals surface area contributed by atoms with Crippen molar-refractivity contribution in [2.45, 2.75) is 32.4 Å². The van der Waals surface area contributed by atoms with Gasteiger partial charge in [0.1, 0.15) is 6.04 Å². The zero-order valence-corrected chi connectivity index (χ0v) is 11.2. The normalized spacial score (nSPS) is 14.4. The van der Waals surface area contributed by atoms with Crippen molar-refractivity contribution in [3.05, 3.63) is 34.3 Å². The lowest BCUT2D eigenvalue weighted by molar-refractivity contribution is -0.713. The summed E-state index contributed by atoms with van der Waals surface area (Å²) in [6.07, 6.45) is 0.971. The summed E-state index contributed by atoms with van der Waals surface area (Å²) in [6.45, 7) is 3.95. The summed E-state index contributed by atoms with van der Waals surface area (Å²) in [7, 11) is 0. The number of amides is 1. The highest BCUT2D eigenvalue weighted by Gasteiger charge is 2.19. The number of halogens is 1. The van der Waals surface area contributed by atoms with E-state index in [4.69, 9.17) is 5.73 Å². The Bertz CT molecular complexity index is 351. The van der Waals surface area contributed by atoms with Crippen molar-refractivity contribution in [1.82, 2.24) is 0 Å². The number of nitrogens with two attached hydrogens (primary N) is 2. The van der Waals surface area contributed by atoms with E-state index in [0.29, 0.717) is 0 Å². The number of carbonyl (C=O) groups excluding carboxylic acids is 1. The fourth-order valence-electron chi connectivity index (χ4n) is 1.64. The molecule has 0 bridgehead atoms. The molecule has 0 aliphatic heterocycles. The van der Waals surface area contributed by atoms with Gasteiger partial charge in [-0.15, -0.1) is 0 Å². The first-order valence-corrected chi connectivity index (χ1v) is 6.23. The third kappa shape index (κ3) is 3.61. The van der Waals surface area contributed by atoms with E-state index in [0.717, 1.165) is 10.9 Å². The highest BCUT2D eigenvalue weighted by molar-refractivity contribution is 9.10. The van der Waals surface area contributed by atoms with Gasteiger partial charge >= 0.3 is 0 Å². The summed E-state index contributed by atoms with van der Waals surface area (Å²) >= 11 is 3.41. The van der Waals surface area contributed by atoms with Gasteiger partial charge in [0.25, 0.3) is 5.91 Å². The van der Waals surface area contributed by atoms with Crippen molar-refractivity contribution in [3.8, 4) is 0 Å². The summed E-state index contributed by atoms with van der Waals surface area (Å²) in [4.78, 5) is 11.0. The van der Waals surface area contributed by atoms with E-state index in [1.807, 2.05) is 24.4 Å². The molecule has 4 heteroatoms. The van der Waals surface area contributed by atoms with Crippen LogP contribution in [0.25, 0.3) is 0 Å². The van der Waals surface area contributed by atoms with Crippen molar-refractivity contribution in [3.63, 3.8) is 0 Å². The van der Waals surface area contributed by atoms with Crippen molar-refractivity contribution in [2.24, 2.45) is 5.73 Å². The van der Waals surface area contributed by atoms with Gasteiger partial charge in [0, 0.05) is 16.5 Å². The molecule has 1 aromatic rings. The molecule has 88 valence electrons. The molecule has 0 aromatic heterocycles. The predicted molar refractivity (Wildman–Crippen MR) is 67.8 cm³/mol. The summed E-state index contributed by atoms with van der Waals surface area (Å²) < 4.78 is 1.06. The highest BCUT2D eigenvalue weighted by atomic mass is 79.9. The maximum absolute atomic E-state index is 11.0. The fourth-order valence-corrected chi connectivity index (χ4v) is 1.90. The number of carbonyl (C=O) groups is 1. The molecule has 0 spiro atoms. The number of rotatable bonds is 5. The lowest BCUT2D eigenvalue weighted by Crippen LogP contribution is -2.92. The molecule has 0 fully saturated rings. The van der Waals surface area contributed by atoms with Gasteiger partial charge in [0.2, 0.25) is 0 Å². The van der Waals surface area contributed by atoms with Crippen LogP contribution >= 0.6 is 15.9 Å². The Hall–Kier alpha value is -0.870. The van der Waals surface area contributed by atoms with Gasteiger partial charge in [-0.25, -0.2) is 0 Å². The minimum atomic E-state index is -0.268. The lowest BCUT2D eigenvalue weighted by atomic mass is 10.0. The molecule has 0 unspecified atom stereocenters. The number of hydrogen-bond acceptors (Lipinski definition) is 1. The monoisotopic (exact) mass is 285 g/mol.